The molecule has 0 bridgehead atoms. The van der Waals surface area contributed by atoms with Crippen LogP contribution in [0.5, 0.6) is 0 Å². The van der Waals surface area contributed by atoms with E-state index in [0.717, 1.165) is 43.9 Å². The van der Waals surface area contributed by atoms with Crippen LogP contribution < -0.4 is 0 Å². The van der Waals surface area contributed by atoms with Crippen molar-refractivity contribution in [1.29, 1.82) is 0 Å². The molecule has 1 aromatic rings. The fourth-order valence-corrected chi connectivity index (χ4v) is 3.44. The second-order valence-corrected chi connectivity index (χ2v) is 7.16. The standard InChI is InChI=1S/C17H29N3O2/c1-13(2)16-8-18-17(22-16)11-19(3)15-4-6-20(10-15)9-14-5-7-21-12-14/h8,13-15H,4-7,9-12H2,1-3H3/t14-,15-/m1/s1. The maximum absolute atomic E-state index is 5.83. The van der Waals surface area contributed by atoms with Gasteiger partial charge >= 0.3 is 0 Å². The Hall–Kier alpha value is -0.910. The van der Waals surface area contributed by atoms with Crippen LogP contribution in [-0.2, 0) is 11.3 Å². The highest BCUT2D eigenvalue weighted by atomic mass is 16.5. The molecule has 0 spiro atoms. The molecule has 0 aliphatic carbocycles. The van der Waals surface area contributed by atoms with E-state index in [0.29, 0.717) is 12.0 Å². The molecule has 0 N–H and O–H groups in total. The van der Waals surface area contributed by atoms with Crippen molar-refractivity contribution in [2.75, 3.05) is 39.9 Å². The molecule has 2 aliphatic heterocycles. The number of oxazole rings is 1. The molecule has 0 unspecified atom stereocenters. The Morgan fingerprint density at radius 3 is 2.95 bits per heavy atom. The van der Waals surface area contributed by atoms with Crippen molar-refractivity contribution in [3.63, 3.8) is 0 Å². The molecule has 0 amide bonds. The minimum absolute atomic E-state index is 0.405. The van der Waals surface area contributed by atoms with Gasteiger partial charge in [-0.25, -0.2) is 4.98 Å². The number of hydrogen-bond donors (Lipinski definition) is 0. The molecule has 0 saturated carbocycles. The Morgan fingerprint density at radius 2 is 2.27 bits per heavy atom. The largest absolute Gasteiger partial charge is 0.444 e. The average molecular weight is 307 g/mol. The summed E-state index contributed by atoms with van der Waals surface area (Å²) < 4.78 is 11.3. The number of likely N-dealkylation sites (tertiary alicyclic amines) is 1. The lowest BCUT2D eigenvalue weighted by molar-refractivity contribution is 0.167. The van der Waals surface area contributed by atoms with Crippen molar-refractivity contribution in [2.45, 2.75) is 45.2 Å². The molecule has 1 aromatic heterocycles. The number of aromatic nitrogens is 1. The van der Waals surface area contributed by atoms with Crippen LogP contribution in [0.2, 0.25) is 0 Å². The molecular weight excluding hydrogens is 278 g/mol. The summed E-state index contributed by atoms with van der Waals surface area (Å²) in [5, 5.41) is 0. The lowest BCUT2D eigenvalue weighted by atomic mass is 10.1. The van der Waals surface area contributed by atoms with E-state index >= 15 is 0 Å². The summed E-state index contributed by atoms with van der Waals surface area (Å²) in [6, 6.07) is 0.608. The Morgan fingerprint density at radius 1 is 1.41 bits per heavy atom. The lowest BCUT2D eigenvalue weighted by Gasteiger charge is -2.24. The monoisotopic (exact) mass is 307 g/mol. The van der Waals surface area contributed by atoms with Gasteiger partial charge in [0.25, 0.3) is 0 Å². The molecule has 2 saturated heterocycles. The number of nitrogens with zero attached hydrogens (tertiary/aromatic N) is 3. The molecule has 3 heterocycles. The molecule has 5 heteroatoms. The minimum atomic E-state index is 0.405. The van der Waals surface area contributed by atoms with Gasteiger partial charge in [0, 0.05) is 31.7 Å². The van der Waals surface area contributed by atoms with Gasteiger partial charge in [0.15, 0.2) is 0 Å². The van der Waals surface area contributed by atoms with E-state index in [1.165, 1.54) is 25.9 Å². The van der Waals surface area contributed by atoms with E-state index in [4.69, 9.17) is 9.15 Å². The Kier molecular flexibility index (Phi) is 5.16. The smallest absolute Gasteiger partial charge is 0.208 e. The maximum atomic E-state index is 5.83. The van der Waals surface area contributed by atoms with Crippen LogP contribution >= 0.6 is 0 Å². The van der Waals surface area contributed by atoms with Crippen molar-refractivity contribution in [3.8, 4) is 0 Å². The Balaban J connectivity index is 1.47. The third-order valence-corrected chi connectivity index (χ3v) is 4.94. The third kappa shape index (κ3) is 3.89. The summed E-state index contributed by atoms with van der Waals surface area (Å²) in [7, 11) is 2.19. The maximum Gasteiger partial charge on any atom is 0.208 e. The highest BCUT2D eigenvalue weighted by molar-refractivity contribution is 4.99. The summed E-state index contributed by atoms with van der Waals surface area (Å²) in [6.07, 6.45) is 4.34. The van der Waals surface area contributed by atoms with Crippen LogP contribution in [0, 0.1) is 5.92 Å². The summed E-state index contributed by atoms with van der Waals surface area (Å²) in [5.74, 6) is 2.97. The van der Waals surface area contributed by atoms with Gasteiger partial charge in [-0.15, -0.1) is 0 Å². The summed E-state index contributed by atoms with van der Waals surface area (Å²) >= 11 is 0. The van der Waals surface area contributed by atoms with Gasteiger partial charge in [-0.05, 0) is 32.4 Å². The topological polar surface area (TPSA) is 41.7 Å². The zero-order valence-corrected chi connectivity index (χ0v) is 14.1. The van der Waals surface area contributed by atoms with Gasteiger partial charge < -0.3 is 14.1 Å². The predicted molar refractivity (Wildman–Crippen MR) is 85.8 cm³/mol. The normalized spacial score (nSPS) is 26.6. The van der Waals surface area contributed by atoms with Crippen molar-refractivity contribution in [1.82, 2.24) is 14.8 Å². The van der Waals surface area contributed by atoms with Crippen molar-refractivity contribution in [3.05, 3.63) is 17.8 Å². The molecular formula is C17H29N3O2. The Bertz CT molecular complexity index is 468. The van der Waals surface area contributed by atoms with Crippen molar-refractivity contribution in [2.24, 2.45) is 5.92 Å². The van der Waals surface area contributed by atoms with Crippen LogP contribution in [0.4, 0.5) is 0 Å². The zero-order valence-electron chi connectivity index (χ0n) is 14.1. The predicted octanol–water partition coefficient (Wildman–Crippen LogP) is 2.34. The van der Waals surface area contributed by atoms with Gasteiger partial charge in [0.2, 0.25) is 5.89 Å². The van der Waals surface area contributed by atoms with Crippen molar-refractivity contribution >= 4 is 0 Å². The molecule has 0 aromatic carbocycles. The van der Waals surface area contributed by atoms with Gasteiger partial charge in [0.05, 0.1) is 19.3 Å². The zero-order chi connectivity index (χ0) is 15.5. The van der Waals surface area contributed by atoms with Crippen LogP contribution in [0.1, 0.15) is 44.3 Å². The first kappa shape index (κ1) is 16.0. The SMILES string of the molecule is CC(C)c1cnc(CN(C)[C@@H]2CCN(C[C@H]3CCOC3)C2)o1. The summed E-state index contributed by atoms with van der Waals surface area (Å²) in [6.45, 7) is 10.5. The molecule has 0 radical (unpaired) electrons. The number of hydrogen-bond acceptors (Lipinski definition) is 5. The molecule has 22 heavy (non-hydrogen) atoms. The second kappa shape index (κ2) is 7.11. The number of rotatable bonds is 6. The van der Waals surface area contributed by atoms with Gasteiger partial charge in [-0.3, -0.25) is 4.90 Å². The van der Waals surface area contributed by atoms with E-state index in [9.17, 15) is 0 Å². The quantitative estimate of drug-likeness (QED) is 0.807. The highest BCUT2D eigenvalue weighted by Gasteiger charge is 2.29. The van der Waals surface area contributed by atoms with Crippen LogP contribution in [0.25, 0.3) is 0 Å². The van der Waals surface area contributed by atoms with Crippen LogP contribution in [0.15, 0.2) is 10.6 Å². The van der Waals surface area contributed by atoms with E-state index in [1.54, 1.807) is 0 Å². The van der Waals surface area contributed by atoms with E-state index in [-0.39, 0.29) is 0 Å². The third-order valence-electron chi connectivity index (χ3n) is 4.94. The fourth-order valence-electron chi connectivity index (χ4n) is 3.44. The molecule has 2 aliphatic rings. The fraction of sp³-hybridized carbons (Fsp3) is 0.824. The molecule has 2 fully saturated rings. The molecule has 124 valence electrons. The van der Waals surface area contributed by atoms with Crippen molar-refractivity contribution < 1.29 is 9.15 Å². The van der Waals surface area contributed by atoms with E-state index in [2.05, 4.69) is 35.7 Å². The first-order valence-corrected chi connectivity index (χ1v) is 8.56. The lowest BCUT2D eigenvalue weighted by Crippen LogP contribution is -2.35. The minimum Gasteiger partial charge on any atom is -0.444 e. The molecule has 5 nitrogen and oxygen atoms in total. The first-order valence-electron chi connectivity index (χ1n) is 8.56. The summed E-state index contributed by atoms with van der Waals surface area (Å²) in [5.41, 5.74) is 0. The molecule has 2 atom stereocenters. The van der Waals surface area contributed by atoms with Crippen LogP contribution in [-0.4, -0.2) is 60.7 Å². The first-order chi connectivity index (χ1) is 10.6. The number of ether oxygens (including phenoxy) is 1. The van der Waals surface area contributed by atoms with Gasteiger partial charge in [-0.1, -0.05) is 13.8 Å². The van der Waals surface area contributed by atoms with Gasteiger partial charge in [0.1, 0.15) is 5.76 Å². The highest BCUT2D eigenvalue weighted by Crippen LogP contribution is 2.21. The van der Waals surface area contributed by atoms with Gasteiger partial charge in [-0.2, -0.15) is 0 Å². The average Bonchev–Trinajstić information content (AvgIpc) is 3.19. The molecule has 3 rings (SSSR count). The van der Waals surface area contributed by atoms with Crippen LogP contribution in [0.3, 0.4) is 0 Å². The van der Waals surface area contributed by atoms with E-state index in [1.807, 2.05) is 6.20 Å². The van der Waals surface area contributed by atoms with E-state index < -0.39 is 0 Å². The Labute approximate surface area is 133 Å². The number of likely N-dealkylation sites (N-methyl/N-ethyl adjacent to an activating group) is 1. The second-order valence-electron chi connectivity index (χ2n) is 7.16. The summed E-state index contributed by atoms with van der Waals surface area (Å²) in [4.78, 5) is 9.40.